The topological polar surface area (TPSA) is 46.2 Å². The Hall–Kier alpha value is -0.320. The maximum absolute atomic E-state index is 13.7. The Morgan fingerprint density at radius 3 is 2.53 bits per heavy atom. The van der Waals surface area contributed by atoms with Crippen LogP contribution in [0.25, 0.3) is 0 Å². The van der Waals surface area contributed by atoms with Crippen LogP contribution in [-0.2, 0) is 0 Å². The van der Waals surface area contributed by atoms with Gasteiger partial charge in [-0.3, -0.25) is 0 Å². The minimum absolute atomic E-state index is 0.00997. The van der Waals surface area contributed by atoms with E-state index in [1.165, 1.54) is 6.07 Å². The van der Waals surface area contributed by atoms with Crippen molar-refractivity contribution < 1.29 is 9.50 Å². The van der Waals surface area contributed by atoms with Crippen molar-refractivity contribution in [2.75, 3.05) is 0 Å². The van der Waals surface area contributed by atoms with Crippen LogP contribution in [0.5, 0.6) is 5.75 Å². The van der Waals surface area contributed by atoms with E-state index in [1.807, 2.05) is 13.8 Å². The molecular formula is C10H12BrClFNO. The van der Waals surface area contributed by atoms with E-state index in [4.69, 9.17) is 17.3 Å². The van der Waals surface area contributed by atoms with Crippen LogP contribution in [0.2, 0.25) is 5.02 Å². The number of phenols is 1. The third-order valence-corrected chi connectivity index (χ3v) is 3.10. The Kier molecular flexibility index (Phi) is 3.98. The van der Waals surface area contributed by atoms with E-state index in [0.717, 1.165) is 0 Å². The molecule has 0 amide bonds. The van der Waals surface area contributed by atoms with Crippen LogP contribution in [0.4, 0.5) is 4.39 Å². The van der Waals surface area contributed by atoms with E-state index in [-0.39, 0.29) is 26.7 Å². The summed E-state index contributed by atoms with van der Waals surface area (Å²) < 4.78 is 13.9. The number of nitrogens with two attached hydrogens (primary N) is 1. The second kappa shape index (κ2) is 4.68. The van der Waals surface area contributed by atoms with Gasteiger partial charge in [0.05, 0.1) is 9.50 Å². The Labute approximate surface area is 101 Å². The van der Waals surface area contributed by atoms with Gasteiger partial charge in [0.25, 0.3) is 0 Å². The lowest BCUT2D eigenvalue weighted by molar-refractivity contribution is 0.422. The number of phenolic OH excluding ortho intramolecular Hbond substituents is 1. The maximum atomic E-state index is 13.7. The molecule has 0 heterocycles. The molecule has 0 aromatic heterocycles. The Balaban J connectivity index is 3.39. The van der Waals surface area contributed by atoms with Crippen LogP contribution >= 0.6 is 27.5 Å². The summed E-state index contributed by atoms with van der Waals surface area (Å²) in [5, 5.41) is 9.74. The molecular weight excluding hydrogens is 284 g/mol. The van der Waals surface area contributed by atoms with Crippen molar-refractivity contribution in [3.63, 3.8) is 0 Å². The average molecular weight is 297 g/mol. The van der Waals surface area contributed by atoms with Crippen molar-refractivity contribution in [3.8, 4) is 5.75 Å². The molecule has 0 radical (unpaired) electrons. The summed E-state index contributed by atoms with van der Waals surface area (Å²) in [7, 11) is 0. The second-order valence-electron chi connectivity index (χ2n) is 3.69. The maximum Gasteiger partial charge on any atom is 0.145 e. The third-order valence-electron chi connectivity index (χ3n) is 2.23. The van der Waals surface area contributed by atoms with Crippen LogP contribution in [-0.4, -0.2) is 5.11 Å². The number of hydrogen-bond acceptors (Lipinski definition) is 2. The standard InChI is InChI=1S/C10H12BrClFNO/c1-4(2)9(14)7-8(13)5(11)3-6(12)10(7)15/h3-4,9,15H,14H2,1-2H3. The van der Waals surface area contributed by atoms with Gasteiger partial charge >= 0.3 is 0 Å². The largest absolute Gasteiger partial charge is 0.506 e. The van der Waals surface area contributed by atoms with Crippen molar-refractivity contribution in [2.45, 2.75) is 19.9 Å². The first-order chi connectivity index (χ1) is 6.86. The molecule has 84 valence electrons. The number of hydrogen-bond donors (Lipinski definition) is 2. The van der Waals surface area contributed by atoms with E-state index in [2.05, 4.69) is 15.9 Å². The van der Waals surface area contributed by atoms with Gasteiger partial charge in [-0.25, -0.2) is 4.39 Å². The van der Waals surface area contributed by atoms with Gasteiger partial charge in [-0.1, -0.05) is 25.4 Å². The summed E-state index contributed by atoms with van der Waals surface area (Å²) in [6.45, 7) is 3.69. The van der Waals surface area contributed by atoms with Gasteiger partial charge in [-0.15, -0.1) is 0 Å². The van der Waals surface area contributed by atoms with Gasteiger partial charge in [-0.05, 0) is 27.9 Å². The highest BCUT2D eigenvalue weighted by Crippen LogP contribution is 2.39. The highest BCUT2D eigenvalue weighted by atomic mass is 79.9. The number of benzene rings is 1. The van der Waals surface area contributed by atoms with E-state index < -0.39 is 11.9 Å². The molecule has 0 saturated carbocycles. The molecule has 1 unspecified atom stereocenters. The number of halogens is 3. The van der Waals surface area contributed by atoms with E-state index in [9.17, 15) is 9.50 Å². The van der Waals surface area contributed by atoms with Crippen molar-refractivity contribution in [3.05, 3.63) is 26.9 Å². The van der Waals surface area contributed by atoms with Crippen molar-refractivity contribution in [1.29, 1.82) is 0 Å². The highest BCUT2D eigenvalue weighted by Gasteiger charge is 2.23. The van der Waals surface area contributed by atoms with Gasteiger partial charge in [0.1, 0.15) is 11.6 Å². The molecule has 0 fully saturated rings. The first-order valence-corrected chi connectivity index (χ1v) is 5.65. The van der Waals surface area contributed by atoms with E-state index in [1.54, 1.807) is 0 Å². The fraction of sp³-hybridized carbons (Fsp3) is 0.400. The lowest BCUT2D eigenvalue weighted by Crippen LogP contribution is -2.18. The minimum Gasteiger partial charge on any atom is -0.506 e. The molecule has 1 aromatic carbocycles. The summed E-state index contributed by atoms with van der Waals surface area (Å²) in [5.41, 5.74) is 5.86. The van der Waals surface area contributed by atoms with E-state index in [0.29, 0.717) is 0 Å². The normalized spacial score (nSPS) is 13.3. The molecule has 1 atom stereocenters. The van der Waals surface area contributed by atoms with Crippen LogP contribution < -0.4 is 5.73 Å². The monoisotopic (exact) mass is 295 g/mol. The predicted molar refractivity (Wildman–Crippen MR) is 62.5 cm³/mol. The fourth-order valence-electron chi connectivity index (χ4n) is 1.24. The van der Waals surface area contributed by atoms with Gasteiger partial charge in [0, 0.05) is 11.6 Å². The second-order valence-corrected chi connectivity index (χ2v) is 4.95. The molecule has 0 aliphatic rings. The summed E-state index contributed by atoms with van der Waals surface area (Å²) in [6, 6.07) is 0.725. The summed E-state index contributed by atoms with van der Waals surface area (Å²) in [6.07, 6.45) is 0. The van der Waals surface area contributed by atoms with E-state index >= 15 is 0 Å². The van der Waals surface area contributed by atoms with Gasteiger partial charge in [-0.2, -0.15) is 0 Å². The van der Waals surface area contributed by atoms with Gasteiger partial charge in [0.2, 0.25) is 0 Å². The van der Waals surface area contributed by atoms with Crippen LogP contribution in [0.15, 0.2) is 10.5 Å². The summed E-state index contributed by atoms with van der Waals surface area (Å²) in [4.78, 5) is 0. The van der Waals surface area contributed by atoms with Gasteiger partial charge < -0.3 is 10.8 Å². The highest BCUT2D eigenvalue weighted by molar-refractivity contribution is 9.10. The fourth-order valence-corrected chi connectivity index (χ4v) is 2.03. The van der Waals surface area contributed by atoms with Crippen molar-refractivity contribution in [1.82, 2.24) is 0 Å². The Morgan fingerprint density at radius 2 is 2.07 bits per heavy atom. The quantitative estimate of drug-likeness (QED) is 0.819. The average Bonchev–Trinajstić information content (AvgIpc) is 2.15. The Bertz CT molecular complexity index is 358. The lowest BCUT2D eigenvalue weighted by atomic mass is 9.96. The molecule has 3 N–H and O–H groups in total. The molecule has 2 nitrogen and oxygen atoms in total. The smallest absolute Gasteiger partial charge is 0.145 e. The summed E-state index contributed by atoms with van der Waals surface area (Å²) >= 11 is 8.76. The predicted octanol–water partition coefficient (Wildman–Crippen LogP) is 3.60. The zero-order valence-corrected chi connectivity index (χ0v) is 10.7. The molecule has 0 bridgehead atoms. The molecule has 15 heavy (non-hydrogen) atoms. The first kappa shape index (κ1) is 12.7. The molecule has 0 aliphatic carbocycles. The Morgan fingerprint density at radius 1 is 1.53 bits per heavy atom. The van der Waals surface area contributed by atoms with Crippen LogP contribution in [0.1, 0.15) is 25.5 Å². The number of aromatic hydroxyl groups is 1. The molecule has 1 rings (SSSR count). The van der Waals surface area contributed by atoms with Crippen LogP contribution in [0.3, 0.4) is 0 Å². The van der Waals surface area contributed by atoms with Crippen LogP contribution in [0, 0.1) is 11.7 Å². The minimum atomic E-state index is -0.583. The SMILES string of the molecule is CC(C)C(N)c1c(O)c(Cl)cc(Br)c1F. The molecule has 5 heteroatoms. The van der Waals surface area contributed by atoms with Crippen molar-refractivity contribution >= 4 is 27.5 Å². The molecule has 0 saturated heterocycles. The third kappa shape index (κ3) is 2.44. The number of rotatable bonds is 2. The molecule has 0 spiro atoms. The molecule has 1 aromatic rings. The molecule has 0 aliphatic heterocycles. The summed E-state index contributed by atoms with van der Waals surface area (Å²) in [5.74, 6) is -0.826. The lowest BCUT2D eigenvalue weighted by Gasteiger charge is -2.19. The first-order valence-electron chi connectivity index (χ1n) is 4.48. The van der Waals surface area contributed by atoms with Gasteiger partial charge in [0.15, 0.2) is 0 Å². The zero-order chi connectivity index (χ0) is 11.7. The zero-order valence-electron chi connectivity index (χ0n) is 8.39. The van der Waals surface area contributed by atoms with Crippen molar-refractivity contribution in [2.24, 2.45) is 11.7 Å².